The van der Waals surface area contributed by atoms with Crippen molar-refractivity contribution in [3.05, 3.63) is 28.4 Å². The average molecular weight is 427 g/mol. The highest BCUT2D eigenvalue weighted by Gasteiger charge is 2.41. The van der Waals surface area contributed by atoms with Crippen LogP contribution in [0.2, 0.25) is 0 Å². The van der Waals surface area contributed by atoms with Crippen molar-refractivity contribution in [1.29, 1.82) is 0 Å². The highest BCUT2D eigenvalue weighted by molar-refractivity contribution is 9.09. The molecule has 2 aliphatic rings. The quantitative estimate of drug-likeness (QED) is 0.418. The number of rotatable bonds is 4. The van der Waals surface area contributed by atoms with Crippen LogP contribution in [0, 0.1) is 16.0 Å². The van der Waals surface area contributed by atoms with Crippen LogP contribution in [0.25, 0.3) is 0 Å². The number of hydrazine groups is 1. The maximum absolute atomic E-state index is 12.8. The number of nitrogens with one attached hydrogen (secondary N) is 2. The number of aromatic nitrogens is 1. The molecule has 0 bridgehead atoms. The molecule has 3 heterocycles. The Morgan fingerprint density at radius 2 is 2.00 bits per heavy atom. The Kier molecular flexibility index (Phi) is 5.73. The summed E-state index contributed by atoms with van der Waals surface area (Å²) < 4.78 is 0. The van der Waals surface area contributed by atoms with Crippen LogP contribution >= 0.6 is 15.9 Å². The monoisotopic (exact) mass is 426 g/mol. The lowest BCUT2D eigenvalue weighted by molar-refractivity contribution is -0.385. The van der Waals surface area contributed by atoms with Crippen molar-refractivity contribution < 1.29 is 9.72 Å². The molecule has 10 heteroatoms. The van der Waals surface area contributed by atoms with Crippen LogP contribution in [0.5, 0.6) is 0 Å². The molecule has 2 fully saturated rings. The maximum Gasteiger partial charge on any atom is 0.287 e. The predicted octanol–water partition coefficient (Wildman–Crippen LogP) is 0.903. The Hall–Kier alpha value is -1.78. The minimum absolute atomic E-state index is 0.0227. The molecule has 26 heavy (non-hydrogen) atoms. The molecule has 0 saturated carbocycles. The zero-order chi connectivity index (χ0) is 18.8. The first kappa shape index (κ1) is 19.0. The van der Waals surface area contributed by atoms with E-state index in [0.717, 1.165) is 0 Å². The van der Waals surface area contributed by atoms with Gasteiger partial charge in [0.2, 0.25) is 5.91 Å². The van der Waals surface area contributed by atoms with Crippen molar-refractivity contribution in [1.82, 2.24) is 20.7 Å². The largest absolute Gasteiger partial charge is 0.353 e. The summed E-state index contributed by atoms with van der Waals surface area (Å²) in [4.78, 5) is 31.2. The number of carbonyl (C=O) groups is 1. The summed E-state index contributed by atoms with van der Waals surface area (Å²) in [6.07, 6.45) is 1.27. The first-order chi connectivity index (χ1) is 12.4. The summed E-state index contributed by atoms with van der Waals surface area (Å²) in [5.74, 6) is 1.19. The number of nitrogens with zero attached hydrogens (tertiary/aromatic N) is 4. The number of carbonyl (C=O) groups excluding carboxylic acids is 1. The van der Waals surface area contributed by atoms with Gasteiger partial charge in [-0.15, -0.1) is 0 Å². The highest BCUT2D eigenvalue weighted by atomic mass is 79.9. The van der Waals surface area contributed by atoms with Gasteiger partial charge in [0.15, 0.2) is 0 Å². The van der Waals surface area contributed by atoms with Crippen molar-refractivity contribution in [2.24, 2.45) is 5.92 Å². The van der Waals surface area contributed by atoms with E-state index in [1.54, 1.807) is 6.07 Å². The van der Waals surface area contributed by atoms with E-state index < -0.39 is 4.92 Å². The van der Waals surface area contributed by atoms with Gasteiger partial charge in [0.25, 0.3) is 5.69 Å². The Morgan fingerprint density at radius 3 is 2.50 bits per heavy atom. The summed E-state index contributed by atoms with van der Waals surface area (Å²) in [5.41, 5.74) is 6.30. The lowest BCUT2D eigenvalue weighted by Crippen LogP contribution is -2.55. The Labute approximate surface area is 160 Å². The van der Waals surface area contributed by atoms with E-state index in [1.165, 1.54) is 12.3 Å². The van der Waals surface area contributed by atoms with Crippen LogP contribution in [-0.4, -0.2) is 63.8 Å². The Morgan fingerprint density at radius 1 is 1.31 bits per heavy atom. The number of alkyl halides is 1. The molecule has 2 N–H and O–H groups in total. The first-order valence-electron chi connectivity index (χ1n) is 8.68. The van der Waals surface area contributed by atoms with Crippen molar-refractivity contribution in [2.75, 3.05) is 31.1 Å². The smallest absolute Gasteiger partial charge is 0.287 e. The van der Waals surface area contributed by atoms with Crippen molar-refractivity contribution in [3.8, 4) is 0 Å². The molecular weight excluding hydrogens is 404 g/mol. The van der Waals surface area contributed by atoms with E-state index in [4.69, 9.17) is 0 Å². The molecule has 2 aliphatic heterocycles. The summed E-state index contributed by atoms with van der Waals surface area (Å²) in [7, 11) is 0. The summed E-state index contributed by atoms with van der Waals surface area (Å²) >= 11 is 3.66. The lowest BCUT2D eigenvalue weighted by atomic mass is 9.99. The van der Waals surface area contributed by atoms with Gasteiger partial charge in [0.1, 0.15) is 18.1 Å². The number of pyridine rings is 1. The van der Waals surface area contributed by atoms with Crippen LogP contribution in [0.15, 0.2) is 18.3 Å². The van der Waals surface area contributed by atoms with Gasteiger partial charge in [0, 0.05) is 38.3 Å². The van der Waals surface area contributed by atoms with Crippen LogP contribution in [-0.2, 0) is 4.79 Å². The molecule has 0 aliphatic carbocycles. The molecule has 1 aromatic heterocycles. The van der Waals surface area contributed by atoms with Crippen molar-refractivity contribution in [3.63, 3.8) is 0 Å². The molecule has 0 aromatic carbocycles. The normalized spacial score (nSPS) is 26.4. The summed E-state index contributed by atoms with van der Waals surface area (Å²) in [6, 6.07) is 3.02. The van der Waals surface area contributed by atoms with Gasteiger partial charge in [-0.2, -0.15) is 0 Å². The molecule has 0 spiro atoms. The standard InChI is InChI=1S/C16H23BrN6O3/c1-10(2)14-13(17)15(20-19-14)16(24)22-7-5-21(6-8-22)12-4-3-11(9-18-12)23(25)26/h3-4,9-10,13-15,19-20H,5-8H2,1-2H3. The van der Waals surface area contributed by atoms with Gasteiger partial charge in [-0.1, -0.05) is 29.8 Å². The predicted molar refractivity (Wildman–Crippen MR) is 101 cm³/mol. The maximum atomic E-state index is 12.8. The van der Waals surface area contributed by atoms with Gasteiger partial charge < -0.3 is 9.80 Å². The van der Waals surface area contributed by atoms with Gasteiger partial charge in [0.05, 0.1) is 9.75 Å². The number of hydrogen-bond acceptors (Lipinski definition) is 7. The van der Waals surface area contributed by atoms with E-state index in [9.17, 15) is 14.9 Å². The fourth-order valence-electron chi connectivity index (χ4n) is 3.31. The number of anilines is 1. The fraction of sp³-hybridized carbons (Fsp3) is 0.625. The van der Waals surface area contributed by atoms with Crippen LogP contribution < -0.4 is 15.8 Å². The summed E-state index contributed by atoms with van der Waals surface area (Å²) in [5, 5.41) is 10.7. The number of halogens is 1. The zero-order valence-corrected chi connectivity index (χ0v) is 16.3. The molecule has 3 atom stereocenters. The lowest BCUT2D eigenvalue weighted by Gasteiger charge is -2.36. The van der Waals surface area contributed by atoms with E-state index in [2.05, 4.69) is 45.6 Å². The summed E-state index contributed by atoms with van der Waals surface area (Å²) in [6.45, 7) is 6.74. The van der Waals surface area contributed by atoms with E-state index >= 15 is 0 Å². The SMILES string of the molecule is CC(C)C1NNC(C(=O)N2CCN(c3ccc([N+](=O)[O-])cn3)CC2)C1Br. The second-order valence-corrected chi connectivity index (χ2v) is 7.98. The Bertz CT molecular complexity index is 662. The minimum atomic E-state index is -0.461. The fourth-order valence-corrected chi connectivity index (χ4v) is 4.41. The second kappa shape index (κ2) is 7.85. The topological polar surface area (TPSA) is 104 Å². The number of hydrogen-bond donors (Lipinski definition) is 2. The molecule has 3 unspecified atom stereocenters. The zero-order valence-electron chi connectivity index (χ0n) is 14.8. The molecule has 3 rings (SSSR count). The molecular formula is C16H23BrN6O3. The number of nitro groups is 1. The third-order valence-electron chi connectivity index (χ3n) is 4.91. The molecule has 1 aromatic rings. The third kappa shape index (κ3) is 3.81. The van der Waals surface area contributed by atoms with Crippen molar-refractivity contribution >= 4 is 33.3 Å². The second-order valence-electron chi connectivity index (χ2n) is 6.92. The van der Waals surface area contributed by atoms with Crippen molar-refractivity contribution in [2.45, 2.75) is 30.8 Å². The average Bonchev–Trinajstić information content (AvgIpc) is 3.03. The van der Waals surface area contributed by atoms with Crippen LogP contribution in [0.3, 0.4) is 0 Å². The van der Waals surface area contributed by atoms with Crippen LogP contribution in [0.1, 0.15) is 13.8 Å². The first-order valence-corrected chi connectivity index (χ1v) is 9.59. The Balaban J connectivity index is 1.56. The minimum Gasteiger partial charge on any atom is -0.353 e. The van der Waals surface area contributed by atoms with Gasteiger partial charge >= 0.3 is 0 Å². The van der Waals surface area contributed by atoms with E-state index in [1.807, 2.05) is 9.80 Å². The molecule has 1 amide bonds. The molecule has 2 saturated heterocycles. The van der Waals surface area contributed by atoms with E-state index in [0.29, 0.717) is 37.9 Å². The number of amides is 1. The third-order valence-corrected chi connectivity index (χ3v) is 6.01. The molecule has 142 valence electrons. The molecule has 9 nitrogen and oxygen atoms in total. The highest BCUT2D eigenvalue weighted by Crippen LogP contribution is 2.24. The van der Waals surface area contributed by atoms with E-state index in [-0.39, 0.29) is 28.5 Å². The van der Waals surface area contributed by atoms with Gasteiger partial charge in [-0.25, -0.2) is 10.4 Å². The van der Waals surface area contributed by atoms with Gasteiger partial charge in [-0.05, 0) is 12.0 Å². The van der Waals surface area contributed by atoms with Gasteiger partial charge in [-0.3, -0.25) is 20.3 Å². The van der Waals surface area contributed by atoms with Crippen LogP contribution in [0.4, 0.5) is 11.5 Å². The number of piperazine rings is 1. The molecule has 0 radical (unpaired) electrons.